The summed E-state index contributed by atoms with van der Waals surface area (Å²) in [6.45, 7) is 6.30. The highest BCUT2D eigenvalue weighted by molar-refractivity contribution is 5.37. The Morgan fingerprint density at radius 1 is 1.24 bits per heavy atom. The predicted molar refractivity (Wildman–Crippen MR) is 71.2 cm³/mol. The number of imidazole rings is 1. The molecule has 90 valence electrons. The van der Waals surface area contributed by atoms with E-state index in [9.17, 15) is 0 Å². The summed E-state index contributed by atoms with van der Waals surface area (Å²) in [5.74, 6) is 0.915. The van der Waals surface area contributed by atoms with Crippen LogP contribution in [0.3, 0.4) is 0 Å². The number of nitrogens with one attached hydrogen (secondary N) is 1. The Kier molecular flexibility index (Phi) is 3.18. The van der Waals surface area contributed by atoms with Gasteiger partial charge in [-0.15, -0.1) is 0 Å². The highest BCUT2D eigenvalue weighted by Gasteiger charge is 2.10. The molecule has 0 aliphatic heterocycles. The number of anilines is 1. The maximum Gasteiger partial charge on any atom is 0.203 e. The van der Waals surface area contributed by atoms with Crippen molar-refractivity contribution in [3.63, 3.8) is 0 Å². The Morgan fingerprint density at radius 3 is 2.53 bits per heavy atom. The zero-order chi connectivity index (χ0) is 12.4. The average Bonchev–Trinajstić information content (AvgIpc) is 2.58. The monoisotopic (exact) mass is 229 g/mol. The molecule has 2 aromatic rings. The van der Waals surface area contributed by atoms with E-state index in [1.807, 2.05) is 24.7 Å². The Balaban J connectivity index is 2.20. The third kappa shape index (κ3) is 2.49. The SMILES string of the molecule is Cc1cn(C)c(NC(C)c2ccccc2C)n1. The summed E-state index contributed by atoms with van der Waals surface area (Å²) in [6.07, 6.45) is 2.02. The quantitative estimate of drug-likeness (QED) is 0.875. The molecule has 0 bridgehead atoms. The van der Waals surface area contributed by atoms with Crippen molar-refractivity contribution >= 4 is 5.95 Å². The van der Waals surface area contributed by atoms with Crippen LogP contribution in [-0.4, -0.2) is 9.55 Å². The highest BCUT2D eigenvalue weighted by atomic mass is 15.2. The van der Waals surface area contributed by atoms with Crippen LogP contribution in [0.1, 0.15) is 29.8 Å². The molecule has 1 aromatic heterocycles. The summed E-state index contributed by atoms with van der Waals surface area (Å²) in [5.41, 5.74) is 3.65. The summed E-state index contributed by atoms with van der Waals surface area (Å²) in [4.78, 5) is 4.46. The van der Waals surface area contributed by atoms with Crippen molar-refractivity contribution in [3.05, 3.63) is 47.3 Å². The molecule has 0 amide bonds. The van der Waals surface area contributed by atoms with Gasteiger partial charge in [-0.25, -0.2) is 4.98 Å². The molecular weight excluding hydrogens is 210 g/mol. The fourth-order valence-electron chi connectivity index (χ4n) is 2.09. The fourth-order valence-corrected chi connectivity index (χ4v) is 2.09. The lowest BCUT2D eigenvalue weighted by molar-refractivity contribution is 0.817. The topological polar surface area (TPSA) is 29.9 Å². The third-order valence-corrected chi connectivity index (χ3v) is 3.00. The Hall–Kier alpha value is -1.77. The first-order valence-electron chi connectivity index (χ1n) is 5.90. The van der Waals surface area contributed by atoms with Gasteiger partial charge in [0.05, 0.1) is 11.7 Å². The fraction of sp³-hybridized carbons (Fsp3) is 0.357. The van der Waals surface area contributed by atoms with Crippen LogP contribution in [0.25, 0.3) is 0 Å². The van der Waals surface area contributed by atoms with E-state index in [0.29, 0.717) is 0 Å². The molecule has 0 spiro atoms. The molecule has 3 heteroatoms. The van der Waals surface area contributed by atoms with Crippen molar-refractivity contribution in [2.24, 2.45) is 7.05 Å². The molecule has 1 N–H and O–H groups in total. The number of aryl methyl sites for hydroxylation is 3. The number of hydrogen-bond donors (Lipinski definition) is 1. The van der Waals surface area contributed by atoms with E-state index in [0.717, 1.165) is 11.6 Å². The second-order valence-electron chi connectivity index (χ2n) is 4.54. The molecule has 0 aliphatic rings. The molecule has 1 atom stereocenters. The summed E-state index contributed by atoms with van der Waals surface area (Å²) >= 11 is 0. The van der Waals surface area contributed by atoms with Crippen LogP contribution in [0.15, 0.2) is 30.5 Å². The van der Waals surface area contributed by atoms with E-state index < -0.39 is 0 Å². The largest absolute Gasteiger partial charge is 0.349 e. The maximum absolute atomic E-state index is 4.46. The van der Waals surface area contributed by atoms with E-state index in [1.54, 1.807) is 0 Å². The van der Waals surface area contributed by atoms with Crippen LogP contribution < -0.4 is 5.32 Å². The van der Waals surface area contributed by atoms with Crippen LogP contribution in [0.5, 0.6) is 0 Å². The van der Waals surface area contributed by atoms with Crippen molar-refractivity contribution in [2.75, 3.05) is 5.32 Å². The number of aromatic nitrogens is 2. The third-order valence-electron chi connectivity index (χ3n) is 3.00. The second kappa shape index (κ2) is 4.62. The van der Waals surface area contributed by atoms with E-state index in [1.165, 1.54) is 11.1 Å². The zero-order valence-electron chi connectivity index (χ0n) is 10.9. The summed E-state index contributed by atoms with van der Waals surface area (Å²) in [6, 6.07) is 8.69. The van der Waals surface area contributed by atoms with Gasteiger partial charge in [0.25, 0.3) is 0 Å². The normalized spacial score (nSPS) is 12.5. The van der Waals surface area contributed by atoms with Crippen molar-refractivity contribution in [1.82, 2.24) is 9.55 Å². The molecule has 3 nitrogen and oxygen atoms in total. The first kappa shape index (κ1) is 11.7. The van der Waals surface area contributed by atoms with Gasteiger partial charge in [-0.05, 0) is 31.9 Å². The zero-order valence-corrected chi connectivity index (χ0v) is 10.9. The molecule has 0 saturated heterocycles. The molecule has 2 rings (SSSR count). The Morgan fingerprint density at radius 2 is 1.94 bits per heavy atom. The first-order chi connectivity index (χ1) is 8.08. The number of rotatable bonds is 3. The minimum Gasteiger partial charge on any atom is -0.349 e. The van der Waals surface area contributed by atoms with Gasteiger partial charge < -0.3 is 9.88 Å². The van der Waals surface area contributed by atoms with E-state index in [2.05, 4.69) is 48.4 Å². The number of benzene rings is 1. The molecular formula is C14H19N3. The van der Waals surface area contributed by atoms with Gasteiger partial charge in [-0.2, -0.15) is 0 Å². The van der Waals surface area contributed by atoms with Gasteiger partial charge >= 0.3 is 0 Å². The van der Waals surface area contributed by atoms with E-state index in [4.69, 9.17) is 0 Å². The summed E-state index contributed by atoms with van der Waals surface area (Å²) in [5, 5.41) is 3.44. The molecule has 0 radical (unpaired) electrons. The molecule has 1 heterocycles. The summed E-state index contributed by atoms with van der Waals surface area (Å²) < 4.78 is 2.02. The van der Waals surface area contributed by atoms with Gasteiger partial charge in [0.2, 0.25) is 5.95 Å². The molecule has 1 unspecified atom stereocenters. The first-order valence-corrected chi connectivity index (χ1v) is 5.90. The summed E-state index contributed by atoms with van der Waals surface area (Å²) in [7, 11) is 2.01. The number of hydrogen-bond acceptors (Lipinski definition) is 2. The van der Waals surface area contributed by atoms with Crippen molar-refractivity contribution in [2.45, 2.75) is 26.8 Å². The standard InChI is InChI=1S/C14H19N3/c1-10-7-5-6-8-13(10)12(3)16-14-15-11(2)9-17(14)4/h5-9,12H,1-4H3,(H,15,16). The van der Waals surface area contributed by atoms with Gasteiger partial charge in [0.1, 0.15) is 0 Å². The molecule has 0 fully saturated rings. The van der Waals surface area contributed by atoms with Crippen LogP contribution >= 0.6 is 0 Å². The smallest absolute Gasteiger partial charge is 0.203 e. The van der Waals surface area contributed by atoms with Gasteiger partial charge in [-0.3, -0.25) is 0 Å². The minimum absolute atomic E-state index is 0.261. The van der Waals surface area contributed by atoms with Crippen LogP contribution in [-0.2, 0) is 7.05 Å². The molecule has 0 aliphatic carbocycles. The lowest BCUT2D eigenvalue weighted by Gasteiger charge is -2.17. The predicted octanol–water partition coefficient (Wildman–Crippen LogP) is 3.21. The second-order valence-corrected chi connectivity index (χ2v) is 4.54. The average molecular weight is 229 g/mol. The van der Waals surface area contributed by atoms with Crippen molar-refractivity contribution in [1.29, 1.82) is 0 Å². The highest BCUT2D eigenvalue weighted by Crippen LogP contribution is 2.21. The molecule has 0 saturated carbocycles. The molecule has 17 heavy (non-hydrogen) atoms. The Bertz CT molecular complexity index is 514. The van der Waals surface area contributed by atoms with E-state index >= 15 is 0 Å². The number of nitrogens with zero attached hydrogens (tertiary/aromatic N) is 2. The van der Waals surface area contributed by atoms with Gasteiger partial charge in [0, 0.05) is 13.2 Å². The van der Waals surface area contributed by atoms with Crippen LogP contribution in [0.2, 0.25) is 0 Å². The lowest BCUT2D eigenvalue weighted by atomic mass is 10.0. The van der Waals surface area contributed by atoms with Crippen molar-refractivity contribution < 1.29 is 0 Å². The van der Waals surface area contributed by atoms with Crippen LogP contribution in [0.4, 0.5) is 5.95 Å². The van der Waals surface area contributed by atoms with Crippen LogP contribution in [0, 0.1) is 13.8 Å². The maximum atomic E-state index is 4.46. The molecule has 1 aromatic carbocycles. The lowest BCUT2D eigenvalue weighted by Crippen LogP contribution is -2.11. The minimum atomic E-state index is 0.261. The van der Waals surface area contributed by atoms with E-state index in [-0.39, 0.29) is 6.04 Å². The van der Waals surface area contributed by atoms with Gasteiger partial charge in [-0.1, -0.05) is 24.3 Å². The Labute approximate surface area is 103 Å². The van der Waals surface area contributed by atoms with Gasteiger partial charge in [0.15, 0.2) is 0 Å². The van der Waals surface area contributed by atoms with Crippen molar-refractivity contribution in [3.8, 4) is 0 Å².